The Morgan fingerprint density at radius 2 is 1.83 bits per heavy atom. The first-order chi connectivity index (χ1) is 14.0. The molecule has 0 radical (unpaired) electrons. The van der Waals surface area contributed by atoms with E-state index >= 15 is 0 Å². The van der Waals surface area contributed by atoms with Crippen molar-refractivity contribution in [3.05, 3.63) is 76.1 Å². The molecule has 1 aliphatic rings. The average molecular weight is 406 g/mol. The van der Waals surface area contributed by atoms with Crippen molar-refractivity contribution in [1.82, 2.24) is 9.97 Å². The van der Waals surface area contributed by atoms with Crippen molar-refractivity contribution >= 4 is 23.3 Å². The topological polar surface area (TPSA) is 54.9 Å². The van der Waals surface area contributed by atoms with E-state index in [1.807, 2.05) is 18.2 Å². The molecule has 0 fully saturated rings. The SMILES string of the molecule is CC(C)Cc1nc2c(nc1NC(=O)Cc1ccc(Cl)cc1)CCc1ccccc1-2. The first kappa shape index (κ1) is 19.6. The first-order valence-electron chi connectivity index (χ1n) is 10.0. The maximum Gasteiger partial charge on any atom is 0.229 e. The van der Waals surface area contributed by atoms with Crippen LogP contribution in [0.25, 0.3) is 11.3 Å². The van der Waals surface area contributed by atoms with Gasteiger partial charge in [-0.3, -0.25) is 4.79 Å². The predicted molar refractivity (Wildman–Crippen MR) is 117 cm³/mol. The molecule has 29 heavy (non-hydrogen) atoms. The average Bonchev–Trinajstić information content (AvgIpc) is 2.70. The van der Waals surface area contributed by atoms with E-state index in [4.69, 9.17) is 21.6 Å². The second-order valence-corrected chi connectivity index (χ2v) is 8.36. The molecule has 5 heteroatoms. The Hall–Kier alpha value is -2.72. The summed E-state index contributed by atoms with van der Waals surface area (Å²) in [5, 5.41) is 3.67. The molecule has 0 saturated heterocycles. The standard InChI is InChI=1S/C24H24ClN3O/c1-15(2)13-21-24(28-22(29)14-16-7-10-18(25)11-8-16)27-20-12-9-17-5-3-4-6-19(17)23(20)26-21/h3-8,10-11,15H,9,12-14H2,1-2H3,(H,27,28,29). The summed E-state index contributed by atoms with van der Waals surface area (Å²) in [6.07, 6.45) is 2.82. The Bertz CT molecular complexity index is 1040. The van der Waals surface area contributed by atoms with Gasteiger partial charge in [0.1, 0.15) is 0 Å². The third-order valence-electron chi connectivity index (χ3n) is 5.08. The minimum absolute atomic E-state index is 0.0946. The molecular weight excluding hydrogens is 382 g/mol. The summed E-state index contributed by atoms with van der Waals surface area (Å²) in [5.74, 6) is 0.909. The highest BCUT2D eigenvalue weighted by atomic mass is 35.5. The number of halogens is 1. The summed E-state index contributed by atoms with van der Waals surface area (Å²) in [6, 6.07) is 15.7. The largest absolute Gasteiger partial charge is 0.309 e. The monoisotopic (exact) mass is 405 g/mol. The first-order valence-corrected chi connectivity index (χ1v) is 10.4. The van der Waals surface area contributed by atoms with Crippen LogP contribution in [-0.4, -0.2) is 15.9 Å². The number of hydrogen-bond donors (Lipinski definition) is 1. The number of anilines is 1. The Balaban J connectivity index is 1.64. The Morgan fingerprint density at radius 1 is 1.07 bits per heavy atom. The highest BCUT2D eigenvalue weighted by Gasteiger charge is 2.22. The molecule has 0 atom stereocenters. The van der Waals surface area contributed by atoms with E-state index in [1.54, 1.807) is 12.1 Å². The molecule has 1 amide bonds. The zero-order valence-electron chi connectivity index (χ0n) is 16.7. The fraction of sp³-hybridized carbons (Fsp3) is 0.292. The third-order valence-corrected chi connectivity index (χ3v) is 5.33. The molecule has 0 spiro atoms. The van der Waals surface area contributed by atoms with Crippen LogP contribution in [-0.2, 0) is 30.5 Å². The molecule has 4 rings (SSSR count). The number of aromatic nitrogens is 2. The van der Waals surface area contributed by atoms with E-state index in [9.17, 15) is 4.79 Å². The zero-order valence-corrected chi connectivity index (χ0v) is 17.5. The smallest absolute Gasteiger partial charge is 0.229 e. The van der Waals surface area contributed by atoms with E-state index in [0.717, 1.165) is 47.5 Å². The molecule has 1 aliphatic carbocycles. The van der Waals surface area contributed by atoms with Gasteiger partial charge >= 0.3 is 0 Å². The maximum absolute atomic E-state index is 12.7. The van der Waals surface area contributed by atoms with Gasteiger partial charge in [0.25, 0.3) is 0 Å². The number of amides is 1. The number of carbonyl (C=O) groups excluding carboxylic acids is 1. The van der Waals surface area contributed by atoms with E-state index in [-0.39, 0.29) is 12.3 Å². The van der Waals surface area contributed by atoms with Crippen molar-refractivity contribution in [3.63, 3.8) is 0 Å². The van der Waals surface area contributed by atoms with Crippen LogP contribution in [0, 0.1) is 5.92 Å². The quantitative estimate of drug-likeness (QED) is 0.628. The van der Waals surface area contributed by atoms with E-state index in [1.165, 1.54) is 5.56 Å². The molecule has 0 unspecified atom stereocenters. The highest BCUT2D eigenvalue weighted by Crippen LogP contribution is 2.33. The molecule has 2 aromatic carbocycles. The van der Waals surface area contributed by atoms with Crippen molar-refractivity contribution in [1.29, 1.82) is 0 Å². The van der Waals surface area contributed by atoms with Crippen LogP contribution in [0.4, 0.5) is 5.82 Å². The predicted octanol–water partition coefficient (Wildman–Crippen LogP) is 5.28. The molecule has 1 heterocycles. The van der Waals surface area contributed by atoms with Gasteiger partial charge in [-0.15, -0.1) is 0 Å². The van der Waals surface area contributed by atoms with Crippen molar-refractivity contribution in [2.45, 2.75) is 39.5 Å². The lowest BCUT2D eigenvalue weighted by molar-refractivity contribution is -0.115. The van der Waals surface area contributed by atoms with Crippen LogP contribution in [0.15, 0.2) is 48.5 Å². The molecular formula is C24H24ClN3O. The van der Waals surface area contributed by atoms with Crippen LogP contribution in [0.5, 0.6) is 0 Å². The molecule has 1 N–H and O–H groups in total. The molecule has 3 aromatic rings. The van der Waals surface area contributed by atoms with Crippen molar-refractivity contribution in [2.75, 3.05) is 5.32 Å². The van der Waals surface area contributed by atoms with Crippen LogP contribution in [0.3, 0.4) is 0 Å². The van der Waals surface area contributed by atoms with Gasteiger partial charge < -0.3 is 5.32 Å². The summed E-state index contributed by atoms with van der Waals surface area (Å²) in [4.78, 5) is 22.5. The summed E-state index contributed by atoms with van der Waals surface area (Å²) in [5.41, 5.74) is 6.14. The van der Waals surface area contributed by atoms with Crippen LogP contribution in [0.1, 0.15) is 36.4 Å². The van der Waals surface area contributed by atoms with Crippen molar-refractivity contribution in [2.24, 2.45) is 5.92 Å². The molecule has 0 bridgehead atoms. The minimum atomic E-state index is -0.0946. The second kappa shape index (κ2) is 8.34. The zero-order chi connectivity index (χ0) is 20.4. The summed E-state index contributed by atoms with van der Waals surface area (Å²) in [6.45, 7) is 4.29. The Morgan fingerprint density at radius 3 is 2.59 bits per heavy atom. The lowest BCUT2D eigenvalue weighted by Gasteiger charge is -2.21. The summed E-state index contributed by atoms with van der Waals surface area (Å²) >= 11 is 5.93. The number of benzene rings is 2. The minimum Gasteiger partial charge on any atom is -0.309 e. The van der Waals surface area contributed by atoms with Crippen LogP contribution < -0.4 is 5.32 Å². The lowest BCUT2D eigenvalue weighted by atomic mass is 9.91. The van der Waals surface area contributed by atoms with Crippen LogP contribution in [0.2, 0.25) is 5.02 Å². The molecule has 1 aromatic heterocycles. The number of rotatable bonds is 5. The van der Waals surface area contributed by atoms with Crippen molar-refractivity contribution < 1.29 is 4.79 Å². The van der Waals surface area contributed by atoms with Gasteiger partial charge in [0.05, 0.1) is 23.5 Å². The molecule has 0 aliphatic heterocycles. The number of nitrogens with zero attached hydrogens (tertiary/aromatic N) is 2. The van der Waals surface area contributed by atoms with Crippen molar-refractivity contribution in [3.8, 4) is 11.3 Å². The summed E-state index contributed by atoms with van der Waals surface area (Å²) < 4.78 is 0. The Kier molecular flexibility index (Phi) is 5.63. The second-order valence-electron chi connectivity index (χ2n) is 7.92. The third kappa shape index (κ3) is 4.48. The number of nitrogens with one attached hydrogen (secondary N) is 1. The number of fused-ring (bicyclic) bond motifs is 3. The molecule has 148 valence electrons. The van der Waals surface area contributed by atoms with Gasteiger partial charge in [0.2, 0.25) is 5.91 Å². The van der Waals surface area contributed by atoms with Gasteiger partial charge in [-0.05, 0) is 48.4 Å². The normalized spacial score (nSPS) is 12.4. The van der Waals surface area contributed by atoms with Gasteiger partial charge in [0, 0.05) is 10.6 Å². The van der Waals surface area contributed by atoms with Gasteiger partial charge in [-0.25, -0.2) is 9.97 Å². The maximum atomic E-state index is 12.7. The number of hydrogen-bond acceptors (Lipinski definition) is 3. The number of aryl methyl sites for hydroxylation is 2. The van der Waals surface area contributed by atoms with Gasteiger partial charge in [-0.2, -0.15) is 0 Å². The van der Waals surface area contributed by atoms with Gasteiger partial charge in [-0.1, -0.05) is 61.8 Å². The fourth-order valence-electron chi connectivity index (χ4n) is 3.71. The van der Waals surface area contributed by atoms with Crippen LogP contribution >= 0.6 is 11.6 Å². The molecule has 0 saturated carbocycles. The summed E-state index contributed by atoms with van der Waals surface area (Å²) in [7, 11) is 0. The van der Waals surface area contributed by atoms with E-state index in [0.29, 0.717) is 16.8 Å². The van der Waals surface area contributed by atoms with E-state index < -0.39 is 0 Å². The number of carbonyl (C=O) groups is 1. The van der Waals surface area contributed by atoms with Gasteiger partial charge in [0.15, 0.2) is 5.82 Å². The molecule has 4 nitrogen and oxygen atoms in total. The highest BCUT2D eigenvalue weighted by molar-refractivity contribution is 6.30. The van der Waals surface area contributed by atoms with E-state index in [2.05, 4.69) is 37.4 Å². The Labute approximate surface area is 176 Å². The fourth-order valence-corrected chi connectivity index (χ4v) is 3.84. The lowest BCUT2D eigenvalue weighted by Crippen LogP contribution is -2.20.